The molecule has 0 saturated carbocycles. The van der Waals surface area contributed by atoms with Gasteiger partial charge in [-0.05, 0) is 37.6 Å². The maximum atomic E-state index is 13.4. The minimum atomic E-state index is -0.847. The molecule has 1 fully saturated rings. The fourth-order valence-electron chi connectivity index (χ4n) is 5.24. The number of ether oxygens (including phenoxy) is 2. The number of halogens is 2. The molecule has 2 aliphatic rings. The third-order valence-corrected chi connectivity index (χ3v) is 8.07. The number of nitrogens with zero attached hydrogens (tertiary/aromatic N) is 2. The van der Waals surface area contributed by atoms with Gasteiger partial charge < -0.3 is 24.6 Å². The first-order valence-corrected chi connectivity index (χ1v) is 13.9. The highest BCUT2D eigenvalue weighted by Gasteiger charge is 2.41. The van der Waals surface area contributed by atoms with Gasteiger partial charge in [0.25, 0.3) is 0 Å². The number of esters is 2. The highest BCUT2D eigenvalue weighted by Crippen LogP contribution is 2.45. The van der Waals surface area contributed by atoms with Gasteiger partial charge in [-0.15, -0.1) is 0 Å². The zero-order valence-electron chi connectivity index (χ0n) is 22.6. The van der Waals surface area contributed by atoms with Crippen LogP contribution in [0.15, 0.2) is 71.1 Å². The molecule has 0 spiro atoms. The summed E-state index contributed by atoms with van der Waals surface area (Å²) in [5, 5.41) is 4.19. The lowest BCUT2D eigenvalue weighted by atomic mass is 9.78. The summed E-state index contributed by atoms with van der Waals surface area (Å²) in [7, 11) is 4.79. The molecule has 4 rings (SSSR count). The van der Waals surface area contributed by atoms with Crippen molar-refractivity contribution in [2.24, 2.45) is 0 Å². The molecular formula is C30H35Cl2N3O4. The van der Waals surface area contributed by atoms with Crippen LogP contribution in [0.2, 0.25) is 10.0 Å². The number of likely N-dealkylation sites (N-methyl/N-ethyl adjacent to an activating group) is 1. The zero-order valence-corrected chi connectivity index (χ0v) is 24.1. The van der Waals surface area contributed by atoms with Crippen LogP contribution < -0.4 is 5.32 Å². The molecule has 208 valence electrons. The molecule has 0 amide bonds. The van der Waals surface area contributed by atoms with Gasteiger partial charge in [-0.2, -0.15) is 0 Å². The van der Waals surface area contributed by atoms with E-state index in [0.717, 1.165) is 38.3 Å². The van der Waals surface area contributed by atoms with Gasteiger partial charge in [0, 0.05) is 66.1 Å². The lowest BCUT2D eigenvalue weighted by Gasteiger charge is -2.35. The van der Waals surface area contributed by atoms with Crippen molar-refractivity contribution in [3.63, 3.8) is 0 Å². The molecule has 0 bridgehead atoms. The normalized spacial score (nSPS) is 18.6. The highest BCUT2D eigenvalue weighted by atomic mass is 35.5. The van der Waals surface area contributed by atoms with Gasteiger partial charge in [-0.3, -0.25) is 0 Å². The van der Waals surface area contributed by atoms with Crippen LogP contribution in [-0.4, -0.2) is 75.7 Å². The third kappa shape index (κ3) is 6.84. The van der Waals surface area contributed by atoms with E-state index in [4.69, 9.17) is 32.7 Å². The summed E-state index contributed by atoms with van der Waals surface area (Å²) in [5.41, 5.74) is 3.64. The summed E-state index contributed by atoms with van der Waals surface area (Å²) >= 11 is 13.4. The largest absolute Gasteiger partial charge is 0.466 e. The van der Waals surface area contributed by atoms with Crippen molar-refractivity contribution in [1.29, 1.82) is 0 Å². The molecule has 1 saturated heterocycles. The molecule has 1 N–H and O–H groups in total. The molecule has 2 heterocycles. The average Bonchev–Trinajstić information content (AvgIpc) is 2.95. The van der Waals surface area contributed by atoms with Crippen molar-refractivity contribution < 1.29 is 19.1 Å². The van der Waals surface area contributed by atoms with Crippen molar-refractivity contribution in [2.75, 3.05) is 54.0 Å². The summed E-state index contributed by atoms with van der Waals surface area (Å²) in [6.07, 6.45) is 1.78. The van der Waals surface area contributed by atoms with Gasteiger partial charge in [0.05, 0.1) is 31.3 Å². The van der Waals surface area contributed by atoms with Crippen molar-refractivity contribution in [3.8, 4) is 0 Å². The number of allylic oxidation sites excluding steroid dienone is 1. The Morgan fingerprint density at radius 3 is 1.95 bits per heavy atom. The molecule has 9 heteroatoms. The van der Waals surface area contributed by atoms with Gasteiger partial charge in [-0.25, -0.2) is 9.59 Å². The fourth-order valence-corrected chi connectivity index (χ4v) is 5.85. The van der Waals surface area contributed by atoms with Crippen LogP contribution >= 0.6 is 23.2 Å². The fraction of sp³-hybridized carbons (Fsp3) is 0.400. The van der Waals surface area contributed by atoms with E-state index < -0.39 is 17.9 Å². The summed E-state index contributed by atoms with van der Waals surface area (Å²) in [6, 6.07) is 15.2. The molecular weight excluding hydrogens is 537 g/mol. The second kappa shape index (κ2) is 13.5. The Bertz CT molecular complexity index is 1230. The average molecular weight is 573 g/mol. The number of carbonyl (C=O) groups is 2. The second-order valence-electron chi connectivity index (χ2n) is 9.84. The number of hydrogen-bond acceptors (Lipinski definition) is 7. The Kier molecular flexibility index (Phi) is 10.1. The van der Waals surface area contributed by atoms with Gasteiger partial charge in [0.15, 0.2) is 0 Å². The predicted molar refractivity (Wildman–Crippen MR) is 154 cm³/mol. The smallest absolute Gasteiger partial charge is 0.336 e. The van der Waals surface area contributed by atoms with Gasteiger partial charge in [-0.1, -0.05) is 59.6 Å². The molecule has 0 aromatic heterocycles. The number of aryl methyl sites for hydroxylation is 1. The Morgan fingerprint density at radius 1 is 0.821 bits per heavy atom. The predicted octanol–water partition coefficient (Wildman–Crippen LogP) is 4.80. The van der Waals surface area contributed by atoms with E-state index in [0.29, 0.717) is 57.4 Å². The summed E-state index contributed by atoms with van der Waals surface area (Å²) in [5.74, 6) is -1.94. The van der Waals surface area contributed by atoms with Gasteiger partial charge >= 0.3 is 11.9 Å². The van der Waals surface area contributed by atoms with Gasteiger partial charge in [0.1, 0.15) is 0 Å². The van der Waals surface area contributed by atoms with E-state index >= 15 is 0 Å². The number of benzene rings is 2. The number of nitrogens with one attached hydrogen (secondary N) is 1. The Balaban J connectivity index is 1.82. The van der Waals surface area contributed by atoms with E-state index in [-0.39, 0.29) is 0 Å². The first kappa shape index (κ1) is 29.2. The van der Waals surface area contributed by atoms with Gasteiger partial charge in [0.2, 0.25) is 0 Å². The van der Waals surface area contributed by atoms with Crippen LogP contribution in [0, 0.1) is 0 Å². The van der Waals surface area contributed by atoms with E-state index in [1.54, 1.807) is 18.2 Å². The molecule has 7 nitrogen and oxygen atoms in total. The van der Waals surface area contributed by atoms with Crippen LogP contribution in [0.1, 0.15) is 29.9 Å². The van der Waals surface area contributed by atoms with Crippen LogP contribution in [0.3, 0.4) is 0 Å². The van der Waals surface area contributed by atoms with E-state index in [1.807, 2.05) is 30.3 Å². The molecule has 0 radical (unpaired) electrons. The minimum absolute atomic E-state index is 0.312. The zero-order chi connectivity index (χ0) is 27.9. The molecule has 2 aromatic rings. The topological polar surface area (TPSA) is 71.1 Å². The maximum Gasteiger partial charge on any atom is 0.336 e. The molecule has 39 heavy (non-hydrogen) atoms. The maximum absolute atomic E-state index is 13.4. The molecule has 0 aliphatic carbocycles. The number of piperazine rings is 1. The lowest BCUT2D eigenvalue weighted by molar-refractivity contribution is -0.137. The second-order valence-corrected chi connectivity index (χ2v) is 10.7. The monoisotopic (exact) mass is 571 g/mol. The third-order valence-electron chi connectivity index (χ3n) is 7.41. The van der Waals surface area contributed by atoms with Crippen LogP contribution in [0.25, 0.3) is 0 Å². The number of hydrogen-bond donors (Lipinski definition) is 1. The van der Waals surface area contributed by atoms with Crippen LogP contribution in [0.4, 0.5) is 0 Å². The highest BCUT2D eigenvalue weighted by molar-refractivity contribution is 6.36. The molecule has 2 aliphatic heterocycles. The van der Waals surface area contributed by atoms with Crippen LogP contribution in [0.5, 0.6) is 0 Å². The van der Waals surface area contributed by atoms with E-state index in [1.165, 1.54) is 14.2 Å². The molecule has 1 unspecified atom stereocenters. The summed E-state index contributed by atoms with van der Waals surface area (Å²) in [6.45, 7) is 4.62. The molecule has 2 aromatic carbocycles. The first-order valence-electron chi connectivity index (χ1n) is 13.1. The Labute approximate surface area is 240 Å². The van der Waals surface area contributed by atoms with E-state index in [9.17, 15) is 9.59 Å². The first-order chi connectivity index (χ1) is 18.8. The van der Waals surface area contributed by atoms with Crippen molar-refractivity contribution in [1.82, 2.24) is 15.1 Å². The SMILES string of the molecule is COC(=O)C1=C(CCc2ccccc2)NC(CCN2CCN(C)CC2)=C(C(=O)OC)C1c1c(Cl)cccc1Cl. The quantitative estimate of drug-likeness (QED) is 0.433. The van der Waals surface area contributed by atoms with Crippen molar-refractivity contribution in [3.05, 3.63) is 92.2 Å². The number of carbonyl (C=O) groups excluding carboxylic acids is 2. The number of rotatable bonds is 9. The number of methoxy groups -OCH3 is 2. The summed E-state index contributed by atoms with van der Waals surface area (Å²) < 4.78 is 10.5. The standard InChI is InChI=1S/C30H35Cl2N3O4/c1-34-16-18-35(19-17-34)15-14-24-27(30(37)39-3)28(25-21(31)10-7-11-22(25)32)26(29(36)38-2)23(33-24)13-12-20-8-5-4-6-9-20/h4-11,28,33H,12-19H2,1-3H3. The lowest BCUT2D eigenvalue weighted by Crippen LogP contribution is -2.45. The van der Waals surface area contributed by atoms with E-state index in [2.05, 4.69) is 22.2 Å². The minimum Gasteiger partial charge on any atom is -0.466 e. The van der Waals surface area contributed by atoms with Crippen LogP contribution in [-0.2, 0) is 25.5 Å². The Morgan fingerprint density at radius 2 is 1.38 bits per heavy atom. The number of dihydropyridines is 1. The Hall–Kier alpha value is -2.84. The van der Waals surface area contributed by atoms with Crippen molar-refractivity contribution >= 4 is 35.1 Å². The molecule has 1 atom stereocenters. The van der Waals surface area contributed by atoms with Crippen molar-refractivity contribution in [2.45, 2.75) is 25.2 Å². The summed E-state index contributed by atoms with van der Waals surface area (Å²) in [4.78, 5) is 31.5.